The largest absolute Gasteiger partial charge is 0.329 e. The molecule has 0 saturated heterocycles. The van der Waals surface area contributed by atoms with Gasteiger partial charge in [0.25, 0.3) is 0 Å². The predicted molar refractivity (Wildman–Crippen MR) is 97.2 cm³/mol. The van der Waals surface area contributed by atoms with Crippen molar-refractivity contribution in [3.05, 3.63) is 81.8 Å². The highest BCUT2D eigenvalue weighted by Crippen LogP contribution is 2.25. The van der Waals surface area contributed by atoms with Crippen molar-refractivity contribution in [1.29, 1.82) is 0 Å². The number of H-pyrrole nitrogens is 1. The molecule has 0 saturated carbocycles. The van der Waals surface area contributed by atoms with Gasteiger partial charge in [-0.1, -0.05) is 63.2 Å². The third-order valence-electron chi connectivity index (χ3n) is 4.51. The molecule has 1 aromatic heterocycles. The molecule has 23 heavy (non-hydrogen) atoms. The van der Waals surface area contributed by atoms with Crippen LogP contribution in [0.2, 0.25) is 0 Å². The molecule has 2 nitrogen and oxygen atoms in total. The minimum Gasteiger partial charge on any atom is -0.329 e. The quantitative estimate of drug-likeness (QED) is 0.723. The fourth-order valence-electron chi connectivity index (χ4n) is 3.00. The molecule has 0 fully saturated rings. The predicted octanol–water partition coefficient (Wildman–Crippen LogP) is 5.00. The van der Waals surface area contributed by atoms with E-state index in [4.69, 9.17) is 0 Å². The monoisotopic (exact) mass is 305 g/mol. The Bertz CT molecular complexity index is 856. The highest BCUT2D eigenvalue weighted by Gasteiger charge is 2.08. The van der Waals surface area contributed by atoms with E-state index in [2.05, 4.69) is 62.2 Å². The van der Waals surface area contributed by atoms with E-state index in [1.807, 2.05) is 12.3 Å². The molecule has 0 aliphatic rings. The Morgan fingerprint density at radius 3 is 2.26 bits per heavy atom. The van der Waals surface area contributed by atoms with Gasteiger partial charge in [0.15, 0.2) is 0 Å². The zero-order chi connectivity index (χ0) is 16.4. The van der Waals surface area contributed by atoms with Crippen LogP contribution in [0.15, 0.2) is 59.5 Å². The summed E-state index contributed by atoms with van der Waals surface area (Å²) in [7, 11) is 0. The minimum absolute atomic E-state index is 0.0485. The van der Waals surface area contributed by atoms with Gasteiger partial charge < -0.3 is 4.98 Å². The third-order valence-corrected chi connectivity index (χ3v) is 4.51. The topological polar surface area (TPSA) is 32.9 Å². The van der Waals surface area contributed by atoms with Crippen LogP contribution in [-0.2, 0) is 6.42 Å². The molecule has 1 atom stereocenters. The summed E-state index contributed by atoms with van der Waals surface area (Å²) in [6, 6.07) is 17.0. The summed E-state index contributed by atoms with van der Waals surface area (Å²) in [5.41, 5.74) is 3.83. The summed E-state index contributed by atoms with van der Waals surface area (Å²) < 4.78 is 0. The van der Waals surface area contributed by atoms with Gasteiger partial charge in [-0.3, -0.25) is 4.79 Å². The van der Waals surface area contributed by atoms with E-state index < -0.39 is 0 Å². The van der Waals surface area contributed by atoms with Crippen molar-refractivity contribution in [2.24, 2.45) is 0 Å². The minimum atomic E-state index is -0.0485. The molecule has 1 unspecified atom stereocenters. The molecule has 118 valence electrons. The molecule has 3 rings (SSSR count). The SMILES string of the molecule is CC(C)c1ccc2cc(CC(C)c3ccc(=O)[nH]c3)ccc2c1. The highest BCUT2D eigenvalue weighted by atomic mass is 16.1. The molecule has 3 aromatic rings. The maximum atomic E-state index is 11.2. The Kier molecular flexibility index (Phi) is 4.33. The molecule has 0 radical (unpaired) electrons. The van der Waals surface area contributed by atoms with Crippen LogP contribution < -0.4 is 5.56 Å². The van der Waals surface area contributed by atoms with Gasteiger partial charge in [-0.15, -0.1) is 0 Å². The van der Waals surface area contributed by atoms with Gasteiger partial charge in [-0.05, 0) is 45.7 Å². The molecule has 1 heterocycles. The van der Waals surface area contributed by atoms with Gasteiger partial charge >= 0.3 is 0 Å². The maximum Gasteiger partial charge on any atom is 0.247 e. The normalized spacial score (nSPS) is 12.7. The van der Waals surface area contributed by atoms with E-state index in [0.29, 0.717) is 11.8 Å². The first kappa shape index (κ1) is 15.5. The average molecular weight is 305 g/mol. The number of hydrogen-bond donors (Lipinski definition) is 1. The molecule has 0 aliphatic carbocycles. The van der Waals surface area contributed by atoms with E-state index in [-0.39, 0.29) is 5.56 Å². The lowest BCUT2D eigenvalue weighted by Gasteiger charge is -2.13. The van der Waals surface area contributed by atoms with Crippen molar-refractivity contribution < 1.29 is 0 Å². The first-order valence-electron chi connectivity index (χ1n) is 8.24. The third kappa shape index (κ3) is 3.53. The zero-order valence-corrected chi connectivity index (χ0v) is 14.0. The summed E-state index contributed by atoms with van der Waals surface area (Å²) in [6.45, 7) is 6.64. The lowest BCUT2D eigenvalue weighted by atomic mass is 9.92. The van der Waals surface area contributed by atoms with Gasteiger partial charge in [0.2, 0.25) is 5.56 Å². The lowest BCUT2D eigenvalue weighted by Crippen LogP contribution is -2.06. The van der Waals surface area contributed by atoms with Crippen molar-refractivity contribution in [2.75, 3.05) is 0 Å². The van der Waals surface area contributed by atoms with Crippen molar-refractivity contribution in [3.63, 3.8) is 0 Å². The number of aromatic nitrogens is 1. The van der Waals surface area contributed by atoms with Gasteiger partial charge in [0, 0.05) is 12.3 Å². The second-order valence-electron chi connectivity index (χ2n) is 6.69. The van der Waals surface area contributed by atoms with Crippen molar-refractivity contribution in [3.8, 4) is 0 Å². The Balaban J connectivity index is 1.84. The Labute approximate surface area is 137 Å². The van der Waals surface area contributed by atoms with Gasteiger partial charge in [0.05, 0.1) is 0 Å². The smallest absolute Gasteiger partial charge is 0.247 e. The summed E-state index contributed by atoms with van der Waals surface area (Å²) in [6.07, 6.45) is 2.79. The van der Waals surface area contributed by atoms with E-state index >= 15 is 0 Å². The molecular weight excluding hydrogens is 282 g/mol. The Morgan fingerprint density at radius 1 is 0.870 bits per heavy atom. The van der Waals surface area contributed by atoms with Gasteiger partial charge in [0.1, 0.15) is 0 Å². The molecule has 0 spiro atoms. The maximum absolute atomic E-state index is 11.2. The second kappa shape index (κ2) is 6.41. The molecule has 0 aliphatic heterocycles. The van der Waals surface area contributed by atoms with Crippen LogP contribution >= 0.6 is 0 Å². The molecule has 0 bridgehead atoms. The van der Waals surface area contributed by atoms with Crippen molar-refractivity contribution in [2.45, 2.75) is 39.0 Å². The fourth-order valence-corrected chi connectivity index (χ4v) is 3.00. The number of hydrogen-bond acceptors (Lipinski definition) is 1. The van der Waals surface area contributed by atoms with Crippen LogP contribution in [0.3, 0.4) is 0 Å². The van der Waals surface area contributed by atoms with Crippen LogP contribution in [0.5, 0.6) is 0 Å². The molecule has 0 amide bonds. The standard InChI is InChI=1S/C21H23NO/c1-14(2)17-6-7-18-11-16(4-5-19(18)12-17)10-15(3)20-8-9-21(23)22-13-20/h4-9,11-15H,10H2,1-3H3,(H,22,23). The highest BCUT2D eigenvalue weighted by molar-refractivity contribution is 5.84. The average Bonchev–Trinajstić information content (AvgIpc) is 2.54. The van der Waals surface area contributed by atoms with E-state index in [1.54, 1.807) is 6.07 Å². The summed E-state index contributed by atoms with van der Waals surface area (Å²) >= 11 is 0. The molecule has 2 heteroatoms. The molecular formula is C21H23NO. The van der Waals surface area contributed by atoms with Crippen LogP contribution in [0, 0.1) is 0 Å². The second-order valence-corrected chi connectivity index (χ2v) is 6.69. The van der Waals surface area contributed by atoms with Gasteiger partial charge in [-0.25, -0.2) is 0 Å². The van der Waals surface area contributed by atoms with Crippen LogP contribution in [0.4, 0.5) is 0 Å². The Morgan fingerprint density at radius 2 is 1.57 bits per heavy atom. The molecule has 1 N–H and O–H groups in total. The number of pyridine rings is 1. The van der Waals surface area contributed by atoms with Crippen LogP contribution in [0.1, 0.15) is 49.3 Å². The van der Waals surface area contributed by atoms with E-state index in [9.17, 15) is 4.79 Å². The summed E-state index contributed by atoms with van der Waals surface area (Å²) in [5.74, 6) is 0.929. The fraction of sp³-hybridized carbons (Fsp3) is 0.286. The van der Waals surface area contributed by atoms with E-state index in [0.717, 1.165) is 6.42 Å². The first-order chi connectivity index (χ1) is 11.0. The zero-order valence-electron chi connectivity index (χ0n) is 14.0. The first-order valence-corrected chi connectivity index (χ1v) is 8.24. The number of nitrogens with one attached hydrogen (secondary N) is 1. The number of benzene rings is 2. The van der Waals surface area contributed by atoms with Crippen molar-refractivity contribution in [1.82, 2.24) is 4.98 Å². The summed E-state index contributed by atoms with van der Waals surface area (Å²) in [5, 5.41) is 2.59. The number of rotatable bonds is 4. The number of aromatic amines is 1. The molecule has 2 aromatic carbocycles. The van der Waals surface area contributed by atoms with E-state index in [1.165, 1.54) is 27.5 Å². The van der Waals surface area contributed by atoms with Crippen molar-refractivity contribution >= 4 is 10.8 Å². The Hall–Kier alpha value is -2.35. The number of fused-ring (bicyclic) bond motifs is 1. The van der Waals surface area contributed by atoms with Gasteiger partial charge in [-0.2, -0.15) is 0 Å². The van der Waals surface area contributed by atoms with Crippen LogP contribution in [-0.4, -0.2) is 4.98 Å². The van der Waals surface area contributed by atoms with Crippen LogP contribution in [0.25, 0.3) is 10.8 Å². The summed E-state index contributed by atoms with van der Waals surface area (Å²) in [4.78, 5) is 13.9. The lowest BCUT2D eigenvalue weighted by molar-refractivity contribution is 0.754.